The summed E-state index contributed by atoms with van der Waals surface area (Å²) in [4.78, 5) is 0. The second-order valence-corrected chi connectivity index (χ2v) is 4.93. The van der Waals surface area contributed by atoms with E-state index in [4.69, 9.17) is 27.9 Å². The highest BCUT2D eigenvalue weighted by atomic mass is 35.5. The third-order valence-corrected chi connectivity index (χ3v) is 3.45. The van der Waals surface area contributed by atoms with E-state index in [2.05, 4.69) is 0 Å². The maximum Gasteiger partial charge on any atom is 0.138 e. The van der Waals surface area contributed by atoms with Gasteiger partial charge in [0, 0.05) is 5.88 Å². The number of ether oxygens (including phenoxy) is 1. The van der Waals surface area contributed by atoms with E-state index in [0.29, 0.717) is 16.7 Å². The minimum Gasteiger partial charge on any atom is -0.487 e. The third-order valence-electron chi connectivity index (χ3n) is 2.84. The van der Waals surface area contributed by atoms with Crippen LogP contribution in [0.3, 0.4) is 0 Å². The molecule has 0 spiro atoms. The van der Waals surface area contributed by atoms with Crippen LogP contribution in [0.5, 0.6) is 5.75 Å². The number of hydrogen-bond donors (Lipinski definition) is 0. The van der Waals surface area contributed by atoms with Crippen LogP contribution >= 0.6 is 23.2 Å². The van der Waals surface area contributed by atoms with Gasteiger partial charge in [-0.25, -0.2) is 4.39 Å². The molecular weight excluding hydrogens is 286 g/mol. The Morgan fingerprint density at radius 2 is 1.95 bits per heavy atom. The van der Waals surface area contributed by atoms with Crippen molar-refractivity contribution >= 4 is 23.2 Å². The van der Waals surface area contributed by atoms with Gasteiger partial charge in [0.1, 0.15) is 18.2 Å². The smallest absolute Gasteiger partial charge is 0.138 e. The van der Waals surface area contributed by atoms with Crippen molar-refractivity contribution in [2.24, 2.45) is 0 Å². The minimum absolute atomic E-state index is 0.271. The van der Waals surface area contributed by atoms with Gasteiger partial charge in [0.15, 0.2) is 0 Å². The lowest BCUT2D eigenvalue weighted by molar-refractivity contribution is 0.305. The van der Waals surface area contributed by atoms with E-state index in [1.165, 1.54) is 12.1 Å². The Morgan fingerprint density at radius 1 is 1.16 bits per heavy atom. The van der Waals surface area contributed by atoms with Crippen LogP contribution in [0.4, 0.5) is 4.39 Å². The molecule has 0 saturated carbocycles. The molecule has 1 nitrogen and oxygen atoms in total. The molecule has 0 unspecified atom stereocenters. The summed E-state index contributed by atoms with van der Waals surface area (Å²) in [5.74, 6) is 0.704. The van der Waals surface area contributed by atoms with Crippen molar-refractivity contribution in [3.63, 3.8) is 0 Å². The molecule has 2 aromatic carbocycles. The van der Waals surface area contributed by atoms with Crippen LogP contribution in [0.15, 0.2) is 36.4 Å². The van der Waals surface area contributed by atoms with Crippen molar-refractivity contribution in [3.8, 4) is 5.75 Å². The van der Waals surface area contributed by atoms with Crippen molar-refractivity contribution in [2.45, 2.75) is 19.4 Å². The SMILES string of the molecule is Cc1ccc(F)cc1COc1ccc(CCl)cc1Cl. The van der Waals surface area contributed by atoms with E-state index < -0.39 is 0 Å². The van der Waals surface area contributed by atoms with Gasteiger partial charge in [-0.15, -0.1) is 11.6 Å². The van der Waals surface area contributed by atoms with Crippen LogP contribution in [0, 0.1) is 12.7 Å². The van der Waals surface area contributed by atoms with Gasteiger partial charge in [-0.3, -0.25) is 0 Å². The van der Waals surface area contributed by atoms with Gasteiger partial charge >= 0.3 is 0 Å². The average Bonchev–Trinajstić information content (AvgIpc) is 2.40. The first-order valence-corrected chi connectivity index (χ1v) is 6.73. The van der Waals surface area contributed by atoms with E-state index >= 15 is 0 Å². The lowest BCUT2D eigenvalue weighted by Crippen LogP contribution is -1.99. The first kappa shape index (κ1) is 14.2. The molecule has 19 heavy (non-hydrogen) atoms. The molecule has 0 saturated heterocycles. The van der Waals surface area contributed by atoms with Crippen molar-refractivity contribution in [3.05, 3.63) is 63.9 Å². The molecule has 0 aliphatic carbocycles. The number of aryl methyl sites for hydroxylation is 1. The molecule has 2 rings (SSSR count). The molecule has 0 aliphatic heterocycles. The largest absolute Gasteiger partial charge is 0.487 e. The second kappa shape index (κ2) is 6.27. The minimum atomic E-state index is -0.271. The summed E-state index contributed by atoms with van der Waals surface area (Å²) in [6.07, 6.45) is 0. The Morgan fingerprint density at radius 3 is 2.63 bits per heavy atom. The highest BCUT2D eigenvalue weighted by Gasteiger charge is 2.05. The highest BCUT2D eigenvalue weighted by Crippen LogP contribution is 2.27. The number of rotatable bonds is 4. The number of benzene rings is 2. The summed E-state index contributed by atoms with van der Waals surface area (Å²) in [5.41, 5.74) is 2.72. The van der Waals surface area contributed by atoms with Crippen LogP contribution in [0.2, 0.25) is 5.02 Å². The zero-order chi connectivity index (χ0) is 13.8. The number of hydrogen-bond acceptors (Lipinski definition) is 1. The van der Waals surface area contributed by atoms with E-state index in [0.717, 1.165) is 16.7 Å². The second-order valence-electron chi connectivity index (χ2n) is 4.26. The fourth-order valence-corrected chi connectivity index (χ4v) is 2.12. The number of halogens is 3. The lowest BCUT2D eigenvalue weighted by Gasteiger charge is -2.11. The predicted octanol–water partition coefficient (Wildman–Crippen LogP) is 5.11. The van der Waals surface area contributed by atoms with E-state index in [9.17, 15) is 4.39 Å². The van der Waals surface area contributed by atoms with Gasteiger partial charge in [0.25, 0.3) is 0 Å². The van der Waals surface area contributed by atoms with E-state index in [1.807, 2.05) is 13.0 Å². The molecule has 4 heteroatoms. The molecule has 0 amide bonds. The molecule has 0 fully saturated rings. The van der Waals surface area contributed by atoms with Crippen LogP contribution < -0.4 is 4.74 Å². The van der Waals surface area contributed by atoms with E-state index in [-0.39, 0.29) is 12.4 Å². The zero-order valence-corrected chi connectivity index (χ0v) is 11.9. The Hall–Kier alpha value is -1.25. The molecule has 0 aromatic heterocycles. The Kier molecular flexibility index (Phi) is 4.67. The molecule has 100 valence electrons. The van der Waals surface area contributed by atoms with Gasteiger partial charge in [-0.2, -0.15) is 0 Å². The Balaban J connectivity index is 2.12. The fraction of sp³-hybridized carbons (Fsp3) is 0.200. The Bertz CT molecular complexity index is 584. The maximum atomic E-state index is 13.2. The standard InChI is InChI=1S/C15H13Cl2FO/c1-10-2-4-13(18)7-12(10)9-19-15-5-3-11(8-16)6-14(15)17/h2-7H,8-9H2,1H3. The van der Waals surface area contributed by atoms with E-state index in [1.54, 1.807) is 18.2 Å². The summed E-state index contributed by atoms with van der Waals surface area (Å²) >= 11 is 11.8. The normalized spacial score (nSPS) is 10.5. The summed E-state index contributed by atoms with van der Waals surface area (Å²) in [6.45, 7) is 2.19. The van der Waals surface area contributed by atoms with Crippen molar-refractivity contribution in [1.82, 2.24) is 0 Å². The van der Waals surface area contributed by atoms with Gasteiger partial charge in [-0.1, -0.05) is 23.7 Å². The summed E-state index contributed by atoms with van der Waals surface area (Å²) in [5, 5.41) is 0.507. The third kappa shape index (κ3) is 3.62. The first-order chi connectivity index (χ1) is 9.10. The van der Waals surface area contributed by atoms with Crippen LogP contribution in [-0.2, 0) is 12.5 Å². The predicted molar refractivity (Wildman–Crippen MR) is 76.5 cm³/mol. The molecule has 0 atom stereocenters. The number of alkyl halides is 1. The highest BCUT2D eigenvalue weighted by molar-refractivity contribution is 6.32. The van der Waals surface area contributed by atoms with Crippen LogP contribution in [0.25, 0.3) is 0 Å². The summed E-state index contributed by atoms with van der Waals surface area (Å²) < 4.78 is 18.8. The lowest BCUT2D eigenvalue weighted by atomic mass is 10.1. The van der Waals surface area contributed by atoms with Crippen molar-refractivity contribution < 1.29 is 9.13 Å². The van der Waals surface area contributed by atoms with Crippen LogP contribution in [-0.4, -0.2) is 0 Å². The molecule has 0 N–H and O–H groups in total. The molecule has 0 aliphatic rings. The van der Waals surface area contributed by atoms with Gasteiger partial charge < -0.3 is 4.74 Å². The molecule has 2 aromatic rings. The summed E-state index contributed by atoms with van der Waals surface area (Å²) in [7, 11) is 0. The first-order valence-electron chi connectivity index (χ1n) is 5.82. The molecule has 0 bridgehead atoms. The fourth-order valence-electron chi connectivity index (χ4n) is 1.70. The van der Waals surface area contributed by atoms with Gasteiger partial charge in [0.2, 0.25) is 0 Å². The summed E-state index contributed by atoms with van der Waals surface area (Å²) in [6, 6.07) is 10.0. The Labute approximate surface area is 121 Å². The maximum absolute atomic E-state index is 13.2. The average molecular weight is 299 g/mol. The molecule has 0 heterocycles. The molecule has 0 radical (unpaired) electrons. The van der Waals surface area contributed by atoms with Crippen molar-refractivity contribution in [1.29, 1.82) is 0 Å². The van der Waals surface area contributed by atoms with Gasteiger partial charge in [0.05, 0.1) is 5.02 Å². The zero-order valence-electron chi connectivity index (χ0n) is 10.4. The van der Waals surface area contributed by atoms with Crippen LogP contribution in [0.1, 0.15) is 16.7 Å². The monoisotopic (exact) mass is 298 g/mol. The quantitative estimate of drug-likeness (QED) is 0.713. The molecular formula is C15H13Cl2FO. The van der Waals surface area contributed by atoms with Gasteiger partial charge in [-0.05, 0) is 47.9 Å². The van der Waals surface area contributed by atoms with Crippen molar-refractivity contribution in [2.75, 3.05) is 0 Å². The topological polar surface area (TPSA) is 9.23 Å².